The topological polar surface area (TPSA) is 124 Å². The summed E-state index contributed by atoms with van der Waals surface area (Å²) in [6.07, 6.45) is 12.7. The molecule has 0 aliphatic rings. The number of pyridine rings is 2. The Bertz CT molecular complexity index is 3010. The predicted molar refractivity (Wildman–Crippen MR) is 260 cm³/mol. The number of hydrogen-bond acceptors (Lipinski definition) is 13. The van der Waals surface area contributed by atoms with E-state index in [0.29, 0.717) is 18.9 Å². The number of aryl methyl sites for hydroxylation is 2. The van der Waals surface area contributed by atoms with E-state index >= 15 is 0 Å². The second-order valence-electron chi connectivity index (χ2n) is 14.9. The van der Waals surface area contributed by atoms with Crippen LogP contribution < -0.4 is 5.73 Å². The first-order chi connectivity index (χ1) is 29.9. The summed E-state index contributed by atoms with van der Waals surface area (Å²) in [6.45, 7) is 10.7. The van der Waals surface area contributed by atoms with Crippen LogP contribution in [-0.4, -0.2) is 46.9 Å². The number of aliphatic hydroxyl groups excluding tert-OH is 1. The van der Waals surface area contributed by atoms with E-state index in [9.17, 15) is 5.11 Å². The van der Waals surface area contributed by atoms with Crippen molar-refractivity contribution in [2.24, 2.45) is 11.7 Å². The van der Waals surface area contributed by atoms with Gasteiger partial charge in [-0.25, -0.2) is 9.97 Å². The molecule has 0 saturated carbocycles. The predicted octanol–water partition coefficient (Wildman–Crippen LogP) is 12.6. The molecule has 1 unspecified atom stereocenters. The van der Waals surface area contributed by atoms with Crippen LogP contribution >= 0.6 is 57.1 Å². The molecule has 0 spiro atoms. The average Bonchev–Trinajstić information content (AvgIpc) is 4.15. The van der Waals surface area contributed by atoms with Gasteiger partial charge in [-0.3, -0.25) is 9.97 Å². The molecule has 0 fully saturated rings. The number of benzene rings is 1. The molecule has 306 valence electrons. The van der Waals surface area contributed by atoms with Crippen molar-refractivity contribution in [3.63, 3.8) is 0 Å². The van der Waals surface area contributed by atoms with Crippen molar-refractivity contribution in [2.45, 2.75) is 45.4 Å². The van der Waals surface area contributed by atoms with Gasteiger partial charge < -0.3 is 10.8 Å². The lowest BCUT2D eigenvalue weighted by Crippen LogP contribution is -2.00. The van der Waals surface area contributed by atoms with E-state index in [1.165, 1.54) is 16.6 Å². The molecule has 13 heteroatoms. The summed E-state index contributed by atoms with van der Waals surface area (Å²) in [5, 5.41) is 9.84. The number of nitrogens with zero attached hydrogens (tertiary/aromatic N) is 6. The maximum Gasteiger partial charge on any atom is 0.116 e. The summed E-state index contributed by atoms with van der Waals surface area (Å²) < 4.78 is 10.0. The second kappa shape index (κ2) is 18.5. The van der Waals surface area contributed by atoms with Crippen molar-refractivity contribution >= 4 is 79.1 Å². The maximum absolute atomic E-state index is 9.84. The van der Waals surface area contributed by atoms with Crippen LogP contribution in [0.25, 0.3) is 85.0 Å². The van der Waals surface area contributed by atoms with E-state index in [-0.39, 0.29) is 6.61 Å². The van der Waals surface area contributed by atoms with Gasteiger partial charge >= 0.3 is 0 Å². The van der Waals surface area contributed by atoms with Gasteiger partial charge in [0.25, 0.3) is 0 Å². The van der Waals surface area contributed by atoms with E-state index in [1.54, 1.807) is 45.3 Å². The Kier molecular flexibility index (Phi) is 12.5. The molecule has 0 amide bonds. The number of fused-ring (bicyclic) bond motifs is 2. The highest BCUT2D eigenvalue weighted by Gasteiger charge is 2.27. The number of aliphatic hydroxyl groups is 1. The van der Waals surface area contributed by atoms with Crippen LogP contribution in [0.5, 0.6) is 0 Å². The van der Waals surface area contributed by atoms with Crippen molar-refractivity contribution in [2.75, 3.05) is 13.2 Å². The Morgan fingerprint density at radius 2 is 1.15 bits per heavy atom. The first-order valence-corrected chi connectivity index (χ1v) is 24.3. The van der Waals surface area contributed by atoms with Crippen molar-refractivity contribution < 1.29 is 5.11 Å². The highest BCUT2D eigenvalue weighted by Crippen LogP contribution is 2.49. The summed E-state index contributed by atoms with van der Waals surface area (Å²) in [5.74, 6) is 0.426. The van der Waals surface area contributed by atoms with Crippen LogP contribution in [0.2, 0.25) is 0 Å². The lowest BCUT2D eigenvalue weighted by atomic mass is 10.0. The zero-order valence-electron chi connectivity index (χ0n) is 33.6. The number of allylic oxidation sites excluding steroid dienone is 2. The zero-order chi connectivity index (χ0) is 41.9. The fraction of sp³-hybridized carbons (Fsp3) is 0.208. The van der Waals surface area contributed by atoms with Gasteiger partial charge in [0, 0.05) is 77.2 Å². The van der Waals surface area contributed by atoms with Crippen LogP contribution in [-0.2, 0) is 25.7 Å². The first-order valence-electron chi connectivity index (χ1n) is 20.3. The van der Waals surface area contributed by atoms with Gasteiger partial charge in [-0.05, 0) is 128 Å². The molecule has 1 aromatic carbocycles. The molecule has 0 aliphatic carbocycles. The van der Waals surface area contributed by atoms with Crippen LogP contribution in [0.4, 0.5) is 0 Å². The SMILES string of the molecule is C=CCCc1cc(-c2ccc(-c3c4nsnc4c(-c4ccc(-c5ccnc(CCC(C)C=C)c5)s4)c4nc(-c5ccc(CCO)s5)c(-c5ccc(CCN)s5)nc34)s2)ccn1. The second-order valence-corrected chi connectivity index (χ2v) is 19.9. The highest BCUT2D eigenvalue weighted by atomic mass is 32.1. The Morgan fingerprint density at radius 1 is 0.623 bits per heavy atom. The standard InChI is InChI=1S/C48H43N7OS5/c1-4-6-7-31-26-29(19-23-50-31)35-14-16-37(59-35)41-45-46(53-44(40-13-11-34(58-40)21-25-56)43(52-45)39-12-10-33(57-39)18-22-49)42(48-47(41)54-61-55-48)38-17-15-36(60-38)30-20-24-51-32(27-30)9-8-28(3)5-2/h4-5,10-17,19-20,23-24,26-28,56H,1-2,6-9,18,21-22,25,49H2,3H3. The number of hydrogen-bond donors (Lipinski definition) is 2. The zero-order valence-corrected chi connectivity index (χ0v) is 37.7. The number of thiophene rings is 4. The number of aromatic nitrogens is 6. The minimum Gasteiger partial charge on any atom is -0.396 e. The molecule has 9 rings (SSSR count). The Labute approximate surface area is 375 Å². The van der Waals surface area contributed by atoms with Gasteiger partial charge in [0.15, 0.2) is 0 Å². The molecular formula is C48H43N7OS5. The fourth-order valence-corrected chi connectivity index (χ4v) is 12.1. The van der Waals surface area contributed by atoms with E-state index in [2.05, 4.69) is 97.9 Å². The van der Waals surface area contributed by atoms with Crippen molar-refractivity contribution in [3.8, 4) is 62.9 Å². The minimum absolute atomic E-state index is 0.0813. The molecule has 8 aromatic heterocycles. The molecule has 8 nitrogen and oxygen atoms in total. The lowest BCUT2D eigenvalue weighted by molar-refractivity contribution is 0.300. The summed E-state index contributed by atoms with van der Waals surface area (Å²) >= 11 is 8.01. The van der Waals surface area contributed by atoms with Gasteiger partial charge in [0.2, 0.25) is 0 Å². The third kappa shape index (κ3) is 8.56. The third-order valence-electron chi connectivity index (χ3n) is 10.6. The van der Waals surface area contributed by atoms with E-state index in [1.807, 2.05) is 24.5 Å². The Morgan fingerprint density at radius 3 is 1.67 bits per heavy atom. The van der Waals surface area contributed by atoms with Gasteiger partial charge in [-0.2, -0.15) is 8.75 Å². The molecule has 61 heavy (non-hydrogen) atoms. The summed E-state index contributed by atoms with van der Waals surface area (Å²) in [5.41, 5.74) is 17.0. The van der Waals surface area contributed by atoms with E-state index < -0.39 is 0 Å². The highest BCUT2D eigenvalue weighted by molar-refractivity contribution is 7.19. The van der Waals surface area contributed by atoms with E-state index in [4.69, 9.17) is 29.4 Å². The number of rotatable bonds is 17. The van der Waals surface area contributed by atoms with Gasteiger partial charge in [0.05, 0.1) is 21.5 Å². The van der Waals surface area contributed by atoms with Crippen LogP contribution in [0, 0.1) is 5.92 Å². The molecule has 0 radical (unpaired) electrons. The lowest BCUT2D eigenvalue weighted by Gasteiger charge is -2.14. The fourth-order valence-electron chi connectivity index (χ4n) is 7.40. The third-order valence-corrected chi connectivity index (χ3v) is 15.8. The van der Waals surface area contributed by atoms with Crippen LogP contribution in [0.1, 0.15) is 40.9 Å². The minimum atomic E-state index is 0.0813. The number of nitrogens with two attached hydrogens (primary N) is 1. The molecule has 9 aromatic rings. The van der Waals surface area contributed by atoms with Gasteiger partial charge in [-0.15, -0.1) is 58.5 Å². The quantitative estimate of drug-likeness (QED) is 0.0866. The molecule has 0 bridgehead atoms. The Balaban J connectivity index is 1.27. The maximum atomic E-state index is 9.84. The molecule has 3 N–H and O–H groups in total. The van der Waals surface area contributed by atoms with Gasteiger partial charge in [-0.1, -0.05) is 19.1 Å². The monoisotopic (exact) mass is 893 g/mol. The normalized spacial score (nSPS) is 12.1. The van der Waals surface area contributed by atoms with Crippen molar-refractivity contribution in [1.29, 1.82) is 0 Å². The molecule has 1 atom stereocenters. The molecule has 0 aliphatic heterocycles. The summed E-state index contributed by atoms with van der Waals surface area (Å²) in [7, 11) is 0. The van der Waals surface area contributed by atoms with Gasteiger partial charge in [0.1, 0.15) is 33.5 Å². The molecular weight excluding hydrogens is 851 g/mol. The summed E-state index contributed by atoms with van der Waals surface area (Å²) in [6, 6.07) is 25.8. The van der Waals surface area contributed by atoms with E-state index in [0.717, 1.165) is 133 Å². The first kappa shape index (κ1) is 41.2. The summed E-state index contributed by atoms with van der Waals surface area (Å²) in [4.78, 5) is 29.3. The smallest absolute Gasteiger partial charge is 0.116 e. The van der Waals surface area contributed by atoms with Crippen LogP contribution in [0.3, 0.4) is 0 Å². The van der Waals surface area contributed by atoms with Crippen molar-refractivity contribution in [1.82, 2.24) is 28.7 Å². The van der Waals surface area contributed by atoms with Crippen molar-refractivity contribution in [3.05, 3.63) is 132 Å². The van der Waals surface area contributed by atoms with Crippen LogP contribution in [0.15, 0.2) is 111 Å². The largest absolute Gasteiger partial charge is 0.396 e. The molecule has 0 saturated heterocycles. The Hall–Kier alpha value is -5.12. The average molecular weight is 894 g/mol. The molecule has 8 heterocycles.